The first-order valence-electron chi connectivity index (χ1n) is 7.82. The zero-order valence-corrected chi connectivity index (χ0v) is 14.9. The molecule has 130 valence electrons. The Morgan fingerprint density at radius 1 is 1.23 bits per heavy atom. The maximum absolute atomic E-state index is 12.2. The quantitative estimate of drug-likeness (QED) is 0.730. The van der Waals surface area contributed by atoms with E-state index < -0.39 is 29.8 Å². The number of likely N-dealkylation sites (N-methyl/N-ethyl adjacent to an activating group) is 1. The summed E-state index contributed by atoms with van der Waals surface area (Å²) in [5.41, 5.74) is -0.614. The summed E-state index contributed by atoms with van der Waals surface area (Å²) >= 11 is 0. The SMILES string of the molecule is CCOC(=O)C[C@@H](O)[C@H]([C@@H](C)CC)N(C)C(=O)OC(C)(C)C. The molecule has 0 heterocycles. The molecule has 0 spiro atoms. The predicted molar refractivity (Wildman–Crippen MR) is 84.5 cm³/mol. The molecule has 0 radical (unpaired) electrons. The van der Waals surface area contributed by atoms with Gasteiger partial charge in [0.05, 0.1) is 25.2 Å². The molecule has 0 aliphatic carbocycles. The van der Waals surface area contributed by atoms with Crippen molar-refractivity contribution in [3.05, 3.63) is 0 Å². The molecule has 22 heavy (non-hydrogen) atoms. The van der Waals surface area contributed by atoms with E-state index in [1.165, 1.54) is 4.90 Å². The molecule has 0 bridgehead atoms. The van der Waals surface area contributed by atoms with E-state index in [0.29, 0.717) is 0 Å². The lowest BCUT2D eigenvalue weighted by molar-refractivity contribution is -0.146. The number of aliphatic hydroxyl groups is 1. The minimum absolute atomic E-state index is 0.0157. The zero-order chi connectivity index (χ0) is 17.5. The van der Waals surface area contributed by atoms with Crippen LogP contribution in [-0.2, 0) is 14.3 Å². The van der Waals surface area contributed by atoms with Crippen molar-refractivity contribution in [1.82, 2.24) is 4.90 Å². The molecule has 0 aliphatic heterocycles. The Morgan fingerprint density at radius 2 is 1.77 bits per heavy atom. The number of rotatable bonds is 7. The number of carbonyl (C=O) groups is 2. The molecule has 6 heteroatoms. The first kappa shape index (κ1) is 20.7. The van der Waals surface area contributed by atoms with E-state index in [2.05, 4.69) is 0 Å². The van der Waals surface area contributed by atoms with Gasteiger partial charge in [0.2, 0.25) is 0 Å². The third-order valence-electron chi connectivity index (χ3n) is 3.43. The topological polar surface area (TPSA) is 76.1 Å². The van der Waals surface area contributed by atoms with Gasteiger partial charge >= 0.3 is 12.1 Å². The fourth-order valence-corrected chi connectivity index (χ4v) is 2.23. The van der Waals surface area contributed by atoms with Crippen molar-refractivity contribution in [2.24, 2.45) is 5.92 Å². The smallest absolute Gasteiger partial charge is 0.410 e. The van der Waals surface area contributed by atoms with Crippen LogP contribution in [-0.4, -0.2) is 53.5 Å². The summed E-state index contributed by atoms with van der Waals surface area (Å²) in [6, 6.07) is -0.510. The largest absolute Gasteiger partial charge is 0.466 e. The van der Waals surface area contributed by atoms with Crippen LogP contribution in [0.2, 0.25) is 0 Å². The number of ether oxygens (including phenoxy) is 2. The number of nitrogens with zero attached hydrogens (tertiary/aromatic N) is 1. The van der Waals surface area contributed by atoms with Gasteiger partial charge in [-0.15, -0.1) is 0 Å². The lowest BCUT2D eigenvalue weighted by Gasteiger charge is -2.36. The number of aliphatic hydroxyl groups excluding tert-OH is 1. The van der Waals surface area contributed by atoms with Gasteiger partial charge in [0.15, 0.2) is 0 Å². The molecule has 0 aromatic carbocycles. The van der Waals surface area contributed by atoms with Crippen LogP contribution in [0.15, 0.2) is 0 Å². The monoisotopic (exact) mass is 317 g/mol. The number of amides is 1. The predicted octanol–water partition coefficient (Wildman–Crippen LogP) is 2.58. The van der Waals surface area contributed by atoms with Crippen molar-refractivity contribution in [1.29, 1.82) is 0 Å². The molecule has 3 atom stereocenters. The van der Waals surface area contributed by atoms with Gasteiger partial charge in [-0.25, -0.2) is 4.79 Å². The van der Waals surface area contributed by atoms with Crippen molar-refractivity contribution in [2.75, 3.05) is 13.7 Å². The minimum atomic E-state index is -0.994. The number of hydrogen-bond donors (Lipinski definition) is 1. The van der Waals surface area contributed by atoms with E-state index in [4.69, 9.17) is 9.47 Å². The molecule has 1 N–H and O–H groups in total. The van der Waals surface area contributed by atoms with Crippen LogP contribution in [0, 0.1) is 5.92 Å². The average Bonchev–Trinajstić information content (AvgIpc) is 2.36. The van der Waals surface area contributed by atoms with Crippen LogP contribution in [0.4, 0.5) is 4.79 Å². The van der Waals surface area contributed by atoms with E-state index in [1.807, 2.05) is 13.8 Å². The molecular formula is C16H31NO5. The summed E-state index contributed by atoms with van der Waals surface area (Å²) in [4.78, 5) is 25.2. The number of esters is 1. The maximum atomic E-state index is 12.2. The Balaban J connectivity index is 5.03. The Labute approximate surface area is 133 Å². The summed E-state index contributed by atoms with van der Waals surface area (Å²) in [6.07, 6.45) is -0.888. The lowest BCUT2D eigenvalue weighted by atomic mass is 9.91. The average molecular weight is 317 g/mol. The van der Waals surface area contributed by atoms with Crippen LogP contribution in [0.5, 0.6) is 0 Å². The van der Waals surface area contributed by atoms with Crippen LogP contribution in [0.25, 0.3) is 0 Å². The van der Waals surface area contributed by atoms with Gasteiger partial charge in [-0.2, -0.15) is 0 Å². The van der Waals surface area contributed by atoms with Crippen LogP contribution < -0.4 is 0 Å². The lowest BCUT2D eigenvalue weighted by Crippen LogP contribution is -2.50. The second-order valence-electron chi connectivity index (χ2n) is 6.54. The zero-order valence-electron chi connectivity index (χ0n) is 14.9. The van der Waals surface area contributed by atoms with Gasteiger partial charge in [0.25, 0.3) is 0 Å². The Kier molecular flexibility index (Phi) is 8.45. The highest BCUT2D eigenvalue weighted by atomic mass is 16.6. The Bertz CT molecular complexity index is 364. The van der Waals surface area contributed by atoms with Crippen molar-refractivity contribution in [3.63, 3.8) is 0 Å². The standard InChI is InChI=1S/C16H31NO5/c1-8-11(3)14(12(18)10-13(19)21-9-2)17(7)15(20)22-16(4,5)6/h11-12,14,18H,8-10H2,1-7H3/t11-,12+,14-/m0/s1. The van der Waals surface area contributed by atoms with E-state index in [9.17, 15) is 14.7 Å². The molecule has 0 aromatic heterocycles. The van der Waals surface area contributed by atoms with E-state index >= 15 is 0 Å². The fraction of sp³-hybridized carbons (Fsp3) is 0.875. The normalized spacial score (nSPS) is 15.6. The molecular weight excluding hydrogens is 286 g/mol. The van der Waals surface area contributed by atoms with Gasteiger partial charge in [-0.3, -0.25) is 4.79 Å². The van der Waals surface area contributed by atoms with Gasteiger partial charge in [0.1, 0.15) is 5.60 Å². The first-order valence-corrected chi connectivity index (χ1v) is 7.82. The Hall–Kier alpha value is -1.30. The molecule has 1 amide bonds. The molecule has 0 saturated carbocycles. The van der Waals surface area contributed by atoms with Crippen molar-refractivity contribution in [3.8, 4) is 0 Å². The molecule has 0 fully saturated rings. The second-order valence-corrected chi connectivity index (χ2v) is 6.54. The van der Waals surface area contributed by atoms with E-state index in [-0.39, 0.29) is 18.9 Å². The second kappa shape index (κ2) is 8.98. The van der Waals surface area contributed by atoms with Crippen LogP contribution >= 0.6 is 0 Å². The maximum Gasteiger partial charge on any atom is 0.410 e. The van der Waals surface area contributed by atoms with Crippen molar-refractivity contribution < 1.29 is 24.2 Å². The minimum Gasteiger partial charge on any atom is -0.466 e. The fourth-order valence-electron chi connectivity index (χ4n) is 2.23. The third kappa shape index (κ3) is 7.11. The molecule has 0 aromatic rings. The van der Waals surface area contributed by atoms with Crippen LogP contribution in [0.1, 0.15) is 54.4 Å². The highest BCUT2D eigenvalue weighted by Gasteiger charge is 2.34. The molecule has 6 nitrogen and oxygen atoms in total. The van der Waals surface area contributed by atoms with E-state index in [1.54, 1.807) is 34.7 Å². The van der Waals surface area contributed by atoms with E-state index in [0.717, 1.165) is 6.42 Å². The summed E-state index contributed by atoms with van der Waals surface area (Å²) in [5.74, 6) is -0.456. The highest BCUT2D eigenvalue weighted by molar-refractivity contribution is 5.71. The van der Waals surface area contributed by atoms with Crippen LogP contribution in [0.3, 0.4) is 0 Å². The molecule has 0 aliphatic rings. The van der Waals surface area contributed by atoms with Crippen molar-refractivity contribution in [2.45, 2.75) is 72.1 Å². The van der Waals surface area contributed by atoms with Gasteiger partial charge in [-0.1, -0.05) is 20.3 Å². The molecule has 0 unspecified atom stereocenters. The Morgan fingerprint density at radius 3 is 2.18 bits per heavy atom. The van der Waals surface area contributed by atoms with Crippen molar-refractivity contribution >= 4 is 12.1 Å². The first-order chi connectivity index (χ1) is 10.0. The third-order valence-corrected chi connectivity index (χ3v) is 3.43. The van der Waals surface area contributed by atoms with Gasteiger partial charge in [0, 0.05) is 7.05 Å². The summed E-state index contributed by atoms with van der Waals surface area (Å²) in [7, 11) is 1.58. The highest BCUT2D eigenvalue weighted by Crippen LogP contribution is 2.21. The van der Waals surface area contributed by atoms with Gasteiger partial charge in [-0.05, 0) is 33.6 Å². The molecule has 0 rings (SSSR count). The number of carbonyl (C=O) groups excluding carboxylic acids is 2. The summed E-state index contributed by atoms with van der Waals surface area (Å²) in [5, 5.41) is 10.4. The summed E-state index contributed by atoms with van der Waals surface area (Å²) in [6.45, 7) is 11.2. The van der Waals surface area contributed by atoms with Gasteiger partial charge < -0.3 is 19.5 Å². The molecule has 0 saturated heterocycles. The number of hydrogen-bond acceptors (Lipinski definition) is 5. The summed E-state index contributed by atoms with van der Waals surface area (Å²) < 4.78 is 10.2.